The molecule has 4 nitrogen and oxygen atoms in total. The van der Waals surface area contributed by atoms with E-state index in [0.29, 0.717) is 21.3 Å². The monoisotopic (exact) mass is 415 g/mol. The average molecular weight is 416 g/mol. The van der Waals surface area contributed by atoms with Crippen molar-refractivity contribution in [3.05, 3.63) is 70.2 Å². The van der Waals surface area contributed by atoms with Crippen LogP contribution in [0.25, 0.3) is 22.9 Å². The molecular formula is C25H25N3OS. The van der Waals surface area contributed by atoms with Gasteiger partial charge in [-0.15, -0.1) is 0 Å². The first-order chi connectivity index (χ1) is 14.2. The Labute approximate surface area is 181 Å². The molecule has 0 unspecified atom stereocenters. The Balaban J connectivity index is 2.02. The first kappa shape index (κ1) is 21.5. The largest absolute Gasteiger partial charge is 0.316 e. The van der Waals surface area contributed by atoms with Crippen molar-refractivity contribution in [1.29, 1.82) is 5.26 Å². The summed E-state index contributed by atoms with van der Waals surface area (Å²) in [6, 6.07) is 18.4. The molecule has 1 amide bonds. The molecule has 0 saturated carbocycles. The van der Waals surface area contributed by atoms with Gasteiger partial charge >= 0.3 is 0 Å². The number of allylic oxidation sites excluding steroid dienone is 1. The van der Waals surface area contributed by atoms with Crippen LogP contribution in [0.15, 0.2) is 48.5 Å². The molecule has 0 saturated heterocycles. The van der Waals surface area contributed by atoms with Crippen molar-refractivity contribution in [3.8, 4) is 17.3 Å². The number of rotatable bonds is 4. The summed E-state index contributed by atoms with van der Waals surface area (Å²) >= 11 is 1.31. The third-order valence-electron chi connectivity index (χ3n) is 4.68. The van der Waals surface area contributed by atoms with E-state index >= 15 is 0 Å². The number of anilines is 1. The SMILES string of the molecule is CC(=O)Nc1sc(/C(C#N)=C/c2ccc(C(C)(C)C)cc2)nc1-c1ccc(C)cc1. The molecule has 3 aromatic rings. The molecule has 1 aromatic heterocycles. The fraction of sp³-hybridized carbons (Fsp3) is 0.240. The Hall–Kier alpha value is -3.23. The van der Waals surface area contributed by atoms with Gasteiger partial charge in [-0.1, -0.05) is 86.2 Å². The zero-order valence-electron chi connectivity index (χ0n) is 17.9. The quantitative estimate of drug-likeness (QED) is 0.499. The van der Waals surface area contributed by atoms with Gasteiger partial charge in [0, 0.05) is 12.5 Å². The number of benzene rings is 2. The Morgan fingerprint density at radius 1 is 1.10 bits per heavy atom. The van der Waals surface area contributed by atoms with Crippen molar-refractivity contribution in [2.45, 2.75) is 40.0 Å². The molecule has 0 fully saturated rings. The minimum absolute atomic E-state index is 0.0752. The number of nitriles is 1. The Morgan fingerprint density at radius 2 is 1.73 bits per heavy atom. The number of carbonyl (C=O) groups is 1. The van der Waals surface area contributed by atoms with E-state index in [-0.39, 0.29) is 11.3 Å². The summed E-state index contributed by atoms with van der Waals surface area (Å²) in [5.74, 6) is -0.168. The first-order valence-corrected chi connectivity index (χ1v) is 10.6. The molecule has 0 bridgehead atoms. The van der Waals surface area contributed by atoms with E-state index in [4.69, 9.17) is 4.98 Å². The van der Waals surface area contributed by atoms with Gasteiger partial charge < -0.3 is 5.32 Å². The van der Waals surface area contributed by atoms with Crippen molar-refractivity contribution in [3.63, 3.8) is 0 Å². The van der Waals surface area contributed by atoms with Crippen LogP contribution in [0.4, 0.5) is 5.00 Å². The highest BCUT2D eigenvalue weighted by atomic mass is 32.1. The highest BCUT2D eigenvalue weighted by Crippen LogP contribution is 2.36. The second kappa shape index (κ2) is 8.64. The fourth-order valence-electron chi connectivity index (χ4n) is 2.97. The normalized spacial score (nSPS) is 11.8. The number of aromatic nitrogens is 1. The summed E-state index contributed by atoms with van der Waals surface area (Å²) < 4.78 is 0. The predicted octanol–water partition coefficient (Wildman–Crippen LogP) is 6.44. The predicted molar refractivity (Wildman–Crippen MR) is 125 cm³/mol. The number of hydrogen-bond acceptors (Lipinski definition) is 4. The smallest absolute Gasteiger partial charge is 0.221 e. The standard InChI is InChI=1S/C25H25N3OS/c1-16-6-10-19(11-7-16)22-24(27-17(2)29)30-23(28-22)20(15-26)14-18-8-12-21(13-9-18)25(3,4)5/h6-14H,1-5H3,(H,27,29)/b20-14+. The van der Waals surface area contributed by atoms with Crippen LogP contribution in [0, 0.1) is 18.3 Å². The maximum Gasteiger partial charge on any atom is 0.221 e. The van der Waals surface area contributed by atoms with Crippen LogP contribution in [-0.4, -0.2) is 10.9 Å². The van der Waals surface area contributed by atoms with Crippen molar-refractivity contribution >= 4 is 33.9 Å². The van der Waals surface area contributed by atoms with Gasteiger partial charge in [-0.25, -0.2) is 4.98 Å². The van der Waals surface area contributed by atoms with E-state index in [1.807, 2.05) is 49.4 Å². The molecule has 30 heavy (non-hydrogen) atoms. The van der Waals surface area contributed by atoms with Crippen LogP contribution in [0.1, 0.15) is 49.4 Å². The summed E-state index contributed by atoms with van der Waals surface area (Å²) in [6.45, 7) is 10.0. The van der Waals surface area contributed by atoms with Crippen molar-refractivity contribution < 1.29 is 4.79 Å². The van der Waals surface area contributed by atoms with Gasteiger partial charge in [-0.3, -0.25) is 4.79 Å². The van der Waals surface area contributed by atoms with Gasteiger partial charge in [-0.2, -0.15) is 5.26 Å². The topological polar surface area (TPSA) is 65.8 Å². The molecule has 0 radical (unpaired) electrons. The number of nitrogens with zero attached hydrogens (tertiary/aromatic N) is 2. The van der Waals surface area contributed by atoms with Crippen LogP contribution < -0.4 is 5.32 Å². The summed E-state index contributed by atoms with van der Waals surface area (Å²) in [5.41, 5.74) is 5.44. The maximum atomic E-state index is 11.7. The fourth-order valence-corrected chi connectivity index (χ4v) is 3.97. The molecule has 0 aliphatic carbocycles. The van der Waals surface area contributed by atoms with Gasteiger partial charge in [0.25, 0.3) is 0 Å². The molecule has 2 aromatic carbocycles. The van der Waals surface area contributed by atoms with E-state index < -0.39 is 0 Å². The molecule has 0 aliphatic heterocycles. The molecule has 5 heteroatoms. The molecule has 3 rings (SSSR count). The Bertz CT molecular complexity index is 1130. The maximum absolute atomic E-state index is 11.7. The Kier molecular flexibility index (Phi) is 6.19. The lowest BCUT2D eigenvalue weighted by atomic mass is 9.86. The van der Waals surface area contributed by atoms with Crippen LogP contribution in [0.5, 0.6) is 0 Å². The molecule has 0 spiro atoms. The molecule has 0 aliphatic rings. The van der Waals surface area contributed by atoms with Gasteiger partial charge in [0.2, 0.25) is 5.91 Å². The molecular weight excluding hydrogens is 390 g/mol. The number of carbonyl (C=O) groups excluding carboxylic acids is 1. The molecule has 1 N–H and O–H groups in total. The van der Waals surface area contributed by atoms with Crippen molar-refractivity contribution in [2.75, 3.05) is 5.32 Å². The van der Waals surface area contributed by atoms with Crippen LogP contribution in [-0.2, 0) is 10.2 Å². The number of amides is 1. The molecule has 152 valence electrons. The highest BCUT2D eigenvalue weighted by Gasteiger charge is 2.17. The van der Waals surface area contributed by atoms with Crippen LogP contribution >= 0.6 is 11.3 Å². The number of nitrogens with one attached hydrogen (secondary N) is 1. The summed E-state index contributed by atoms with van der Waals surface area (Å²) in [5, 5.41) is 13.9. The number of thiazole rings is 1. The summed E-state index contributed by atoms with van der Waals surface area (Å²) in [6.07, 6.45) is 1.84. The highest BCUT2D eigenvalue weighted by molar-refractivity contribution is 7.17. The van der Waals surface area contributed by atoms with Gasteiger partial charge in [0.1, 0.15) is 21.8 Å². The molecule has 0 atom stereocenters. The van der Waals surface area contributed by atoms with Crippen molar-refractivity contribution in [1.82, 2.24) is 4.98 Å². The zero-order valence-corrected chi connectivity index (χ0v) is 18.7. The van der Waals surface area contributed by atoms with E-state index in [1.54, 1.807) is 0 Å². The lowest BCUT2D eigenvalue weighted by Gasteiger charge is -2.18. The van der Waals surface area contributed by atoms with Gasteiger partial charge in [-0.05, 0) is 29.5 Å². The van der Waals surface area contributed by atoms with E-state index in [9.17, 15) is 10.1 Å². The second-order valence-electron chi connectivity index (χ2n) is 8.29. The van der Waals surface area contributed by atoms with Gasteiger partial charge in [0.15, 0.2) is 0 Å². The Morgan fingerprint density at radius 3 is 2.27 bits per heavy atom. The second-order valence-corrected chi connectivity index (χ2v) is 9.28. The lowest BCUT2D eigenvalue weighted by Crippen LogP contribution is -2.10. The third-order valence-corrected chi connectivity index (χ3v) is 5.68. The zero-order chi connectivity index (χ0) is 21.9. The lowest BCUT2D eigenvalue weighted by molar-refractivity contribution is -0.114. The summed E-state index contributed by atoms with van der Waals surface area (Å²) in [7, 11) is 0. The van der Waals surface area contributed by atoms with Crippen LogP contribution in [0.2, 0.25) is 0 Å². The minimum atomic E-state index is -0.168. The number of hydrogen-bond donors (Lipinski definition) is 1. The number of aryl methyl sites for hydroxylation is 1. The van der Waals surface area contributed by atoms with E-state index in [2.05, 4.69) is 44.3 Å². The van der Waals surface area contributed by atoms with E-state index in [1.165, 1.54) is 23.8 Å². The van der Waals surface area contributed by atoms with E-state index in [0.717, 1.165) is 16.7 Å². The molecule has 1 heterocycles. The van der Waals surface area contributed by atoms with Crippen LogP contribution in [0.3, 0.4) is 0 Å². The summed E-state index contributed by atoms with van der Waals surface area (Å²) in [4.78, 5) is 16.4. The first-order valence-electron chi connectivity index (χ1n) is 9.75. The van der Waals surface area contributed by atoms with Crippen molar-refractivity contribution in [2.24, 2.45) is 0 Å². The minimum Gasteiger partial charge on any atom is -0.316 e. The average Bonchev–Trinajstić information content (AvgIpc) is 3.09. The van der Waals surface area contributed by atoms with Gasteiger partial charge in [0.05, 0.1) is 5.57 Å². The third kappa shape index (κ3) is 5.03.